The van der Waals surface area contributed by atoms with Gasteiger partial charge in [0.15, 0.2) is 4.34 Å². The maximum absolute atomic E-state index is 5.91. The second-order valence-corrected chi connectivity index (χ2v) is 8.36. The number of para-hydroxylation sites is 2. The number of rotatable bonds is 8. The van der Waals surface area contributed by atoms with Crippen molar-refractivity contribution in [3.05, 3.63) is 59.4 Å². The smallest absolute Gasteiger partial charge is 0.247 e. The van der Waals surface area contributed by atoms with Gasteiger partial charge in [0, 0.05) is 10.6 Å². The lowest BCUT2D eigenvalue weighted by Crippen LogP contribution is -1.97. The molecular formula is C19H16ClN5O2S2. The van der Waals surface area contributed by atoms with Crippen LogP contribution in [0.1, 0.15) is 12.8 Å². The van der Waals surface area contributed by atoms with Crippen molar-refractivity contribution in [2.24, 2.45) is 0 Å². The third kappa shape index (κ3) is 5.06. The SMILES string of the molecule is CCOc1ccccc1Nc1nnc(SCc2nnc(-c3ccc(Cl)cc3)o2)s1. The number of ether oxygens (including phenoxy) is 1. The Hall–Kier alpha value is -2.62. The Morgan fingerprint density at radius 2 is 1.90 bits per heavy atom. The van der Waals surface area contributed by atoms with E-state index in [1.54, 1.807) is 12.1 Å². The molecule has 0 saturated carbocycles. The van der Waals surface area contributed by atoms with Gasteiger partial charge in [-0.3, -0.25) is 0 Å². The number of hydrogen-bond acceptors (Lipinski definition) is 9. The molecule has 0 bridgehead atoms. The average molecular weight is 446 g/mol. The molecule has 1 N–H and O–H groups in total. The first kappa shape index (κ1) is 19.7. The van der Waals surface area contributed by atoms with Crippen molar-refractivity contribution in [1.82, 2.24) is 20.4 Å². The Labute approximate surface area is 180 Å². The van der Waals surface area contributed by atoms with E-state index in [2.05, 4.69) is 25.7 Å². The van der Waals surface area contributed by atoms with E-state index in [9.17, 15) is 0 Å². The maximum Gasteiger partial charge on any atom is 0.247 e. The minimum Gasteiger partial charge on any atom is -0.492 e. The molecule has 4 rings (SSSR count). The molecule has 0 aliphatic heterocycles. The van der Waals surface area contributed by atoms with Gasteiger partial charge in [-0.1, -0.05) is 46.8 Å². The molecule has 0 unspecified atom stereocenters. The van der Waals surface area contributed by atoms with Gasteiger partial charge in [0.05, 0.1) is 18.0 Å². The highest BCUT2D eigenvalue weighted by Crippen LogP contribution is 2.33. The maximum atomic E-state index is 5.91. The molecule has 7 nitrogen and oxygen atoms in total. The molecule has 148 valence electrons. The van der Waals surface area contributed by atoms with E-state index in [0.717, 1.165) is 21.3 Å². The van der Waals surface area contributed by atoms with Crippen molar-refractivity contribution in [2.75, 3.05) is 11.9 Å². The Morgan fingerprint density at radius 3 is 2.72 bits per heavy atom. The van der Waals surface area contributed by atoms with Gasteiger partial charge in [-0.2, -0.15) is 0 Å². The van der Waals surface area contributed by atoms with E-state index in [1.807, 2.05) is 43.3 Å². The lowest BCUT2D eigenvalue weighted by atomic mass is 10.2. The van der Waals surface area contributed by atoms with Crippen LogP contribution in [0.4, 0.5) is 10.8 Å². The van der Waals surface area contributed by atoms with Crippen LogP contribution in [0, 0.1) is 0 Å². The fraction of sp³-hybridized carbons (Fsp3) is 0.158. The molecule has 0 spiro atoms. The van der Waals surface area contributed by atoms with Crippen LogP contribution in [0.15, 0.2) is 57.3 Å². The highest BCUT2D eigenvalue weighted by atomic mass is 35.5. The zero-order chi connectivity index (χ0) is 20.1. The summed E-state index contributed by atoms with van der Waals surface area (Å²) in [4.78, 5) is 0. The first-order valence-electron chi connectivity index (χ1n) is 8.74. The summed E-state index contributed by atoms with van der Waals surface area (Å²) in [7, 11) is 0. The highest BCUT2D eigenvalue weighted by molar-refractivity contribution is 8.00. The minimum absolute atomic E-state index is 0.462. The normalized spacial score (nSPS) is 10.8. The van der Waals surface area contributed by atoms with Crippen molar-refractivity contribution >= 4 is 45.5 Å². The first-order chi connectivity index (χ1) is 14.2. The fourth-order valence-corrected chi connectivity index (χ4v) is 4.16. The number of anilines is 2. The molecule has 0 aliphatic rings. The summed E-state index contributed by atoms with van der Waals surface area (Å²) in [5, 5.41) is 21.2. The van der Waals surface area contributed by atoms with Gasteiger partial charge in [-0.05, 0) is 43.3 Å². The number of thioether (sulfide) groups is 1. The highest BCUT2D eigenvalue weighted by Gasteiger charge is 2.12. The summed E-state index contributed by atoms with van der Waals surface area (Å²) in [5.41, 5.74) is 1.68. The van der Waals surface area contributed by atoms with Gasteiger partial charge >= 0.3 is 0 Å². The summed E-state index contributed by atoms with van der Waals surface area (Å²) in [6.07, 6.45) is 0. The van der Waals surface area contributed by atoms with Gasteiger partial charge in [0.1, 0.15) is 5.75 Å². The fourth-order valence-electron chi connectivity index (χ4n) is 2.43. The van der Waals surface area contributed by atoms with E-state index in [-0.39, 0.29) is 0 Å². The van der Waals surface area contributed by atoms with E-state index in [4.69, 9.17) is 20.8 Å². The zero-order valence-electron chi connectivity index (χ0n) is 15.3. The van der Waals surface area contributed by atoms with E-state index >= 15 is 0 Å². The molecule has 29 heavy (non-hydrogen) atoms. The molecule has 0 fully saturated rings. The van der Waals surface area contributed by atoms with Crippen molar-refractivity contribution in [3.63, 3.8) is 0 Å². The summed E-state index contributed by atoms with van der Waals surface area (Å²) in [5.74, 6) is 2.26. The van der Waals surface area contributed by atoms with E-state index in [1.165, 1.54) is 23.1 Å². The standard InChI is InChI=1S/C19H16ClN5O2S2/c1-2-26-15-6-4-3-5-14(15)21-18-24-25-19(29-18)28-11-16-22-23-17(27-16)12-7-9-13(20)10-8-12/h3-10H,2,11H2,1H3,(H,21,24). The topological polar surface area (TPSA) is 86.0 Å². The molecule has 0 amide bonds. The van der Waals surface area contributed by atoms with Gasteiger partial charge in [0.2, 0.25) is 16.9 Å². The van der Waals surface area contributed by atoms with Gasteiger partial charge in [-0.25, -0.2) is 0 Å². The molecule has 2 aromatic heterocycles. The molecule has 0 radical (unpaired) electrons. The molecule has 4 aromatic rings. The van der Waals surface area contributed by atoms with E-state index < -0.39 is 0 Å². The summed E-state index contributed by atoms with van der Waals surface area (Å²) in [6.45, 7) is 2.55. The third-order valence-electron chi connectivity index (χ3n) is 3.71. The summed E-state index contributed by atoms with van der Waals surface area (Å²) in [6, 6.07) is 15.0. The van der Waals surface area contributed by atoms with Crippen molar-refractivity contribution in [3.8, 4) is 17.2 Å². The number of benzene rings is 2. The Bertz CT molecular complexity index is 1080. The second-order valence-electron chi connectivity index (χ2n) is 5.72. The summed E-state index contributed by atoms with van der Waals surface area (Å²) >= 11 is 8.84. The van der Waals surface area contributed by atoms with Crippen molar-refractivity contribution < 1.29 is 9.15 Å². The molecule has 0 aliphatic carbocycles. The van der Waals surface area contributed by atoms with Crippen LogP contribution in [0.5, 0.6) is 5.75 Å². The monoisotopic (exact) mass is 445 g/mol. The molecular weight excluding hydrogens is 430 g/mol. The Balaban J connectivity index is 1.37. The number of nitrogens with zero attached hydrogens (tertiary/aromatic N) is 4. The number of hydrogen-bond donors (Lipinski definition) is 1. The molecule has 10 heteroatoms. The Kier molecular flexibility index (Phi) is 6.28. The van der Waals surface area contributed by atoms with Crippen molar-refractivity contribution in [2.45, 2.75) is 17.0 Å². The van der Waals surface area contributed by atoms with E-state index in [0.29, 0.717) is 34.3 Å². The first-order valence-corrected chi connectivity index (χ1v) is 10.9. The predicted molar refractivity (Wildman–Crippen MR) is 115 cm³/mol. The van der Waals surface area contributed by atoms with Crippen LogP contribution in [-0.4, -0.2) is 27.0 Å². The van der Waals surface area contributed by atoms with Gasteiger partial charge in [0.25, 0.3) is 0 Å². The average Bonchev–Trinajstić information content (AvgIpc) is 3.38. The minimum atomic E-state index is 0.462. The van der Waals surface area contributed by atoms with Crippen LogP contribution in [0.25, 0.3) is 11.5 Å². The number of nitrogens with one attached hydrogen (secondary N) is 1. The lowest BCUT2D eigenvalue weighted by molar-refractivity contribution is 0.342. The Morgan fingerprint density at radius 1 is 1.07 bits per heavy atom. The second kappa shape index (κ2) is 9.25. The van der Waals surface area contributed by atoms with Crippen LogP contribution < -0.4 is 10.1 Å². The van der Waals surface area contributed by atoms with Crippen molar-refractivity contribution in [1.29, 1.82) is 0 Å². The number of aromatic nitrogens is 4. The lowest BCUT2D eigenvalue weighted by Gasteiger charge is -2.09. The molecule has 0 atom stereocenters. The van der Waals surface area contributed by atoms with Crippen LogP contribution >= 0.6 is 34.7 Å². The van der Waals surface area contributed by atoms with Crippen LogP contribution in [0.3, 0.4) is 0 Å². The zero-order valence-corrected chi connectivity index (χ0v) is 17.7. The third-order valence-corrected chi connectivity index (χ3v) is 5.92. The van der Waals surface area contributed by atoms with Crippen LogP contribution in [-0.2, 0) is 5.75 Å². The largest absolute Gasteiger partial charge is 0.492 e. The van der Waals surface area contributed by atoms with Crippen LogP contribution in [0.2, 0.25) is 5.02 Å². The number of halogens is 1. The quantitative estimate of drug-likeness (QED) is 0.347. The molecule has 2 aromatic carbocycles. The summed E-state index contributed by atoms with van der Waals surface area (Å²) < 4.78 is 12.1. The van der Waals surface area contributed by atoms with Gasteiger partial charge in [-0.15, -0.1) is 20.4 Å². The predicted octanol–water partition coefficient (Wildman–Crippen LogP) is 5.68. The van der Waals surface area contributed by atoms with Gasteiger partial charge < -0.3 is 14.5 Å². The molecule has 2 heterocycles. The molecule has 0 saturated heterocycles.